The summed E-state index contributed by atoms with van der Waals surface area (Å²) in [5, 5.41) is 6.12. The Morgan fingerprint density at radius 1 is 1.47 bits per heavy atom. The molecule has 1 aliphatic heterocycles. The van der Waals surface area contributed by atoms with E-state index in [4.69, 9.17) is 0 Å². The maximum absolute atomic E-state index is 4.55. The van der Waals surface area contributed by atoms with Crippen LogP contribution in [-0.2, 0) is 12.4 Å². The summed E-state index contributed by atoms with van der Waals surface area (Å²) >= 11 is 5.66. The number of aromatic nitrogens is 2. The van der Waals surface area contributed by atoms with E-state index in [-0.39, 0.29) is 0 Å². The van der Waals surface area contributed by atoms with Gasteiger partial charge in [-0.3, -0.25) is 4.68 Å². The van der Waals surface area contributed by atoms with Gasteiger partial charge in [0.1, 0.15) is 5.82 Å². The Hall–Kier alpha value is -0.160. The Labute approximate surface area is 116 Å². The maximum atomic E-state index is 4.55. The van der Waals surface area contributed by atoms with Gasteiger partial charge < -0.3 is 4.90 Å². The molecule has 1 aromatic rings. The second kappa shape index (κ2) is 5.22. The summed E-state index contributed by atoms with van der Waals surface area (Å²) in [7, 11) is 2.05. The van der Waals surface area contributed by atoms with Gasteiger partial charge in [0.2, 0.25) is 0 Å². The van der Waals surface area contributed by atoms with Crippen LogP contribution in [0.2, 0.25) is 0 Å². The van der Waals surface area contributed by atoms with Crippen LogP contribution >= 0.6 is 27.7 Å². The van der Waals surface area contributed by atoms with Crippen molar-refractivity contribution >= 4 is 33.5 Å². The molecule has 0 N–H and O–H groups in total. The predicted octanol–water partition coefficient (Wildman–Crippen LogP) is 2.95. The SMILES string of the molecule is Cc1nn(C)c(N2CCSC(C)C2C)c1CBr. The Kier molecular flexibility index (Phi) is 4.08. The van der Waals surface area contributed by atoms with Gasteiger partial charge in [0, 0.05) is 41.5 Å². The van der Waals surface area contributed by atoms with Crippen LogP contribution in [-0.4, -0.2) is 33.4 Å². The largest absolute Gasteiger partial charge is 0.352 e. The second-order valence-corrected chi connectivity index (χ2v) is 6.70. The molecule has 0 aromatic carbocycles. The first kappa shape index (κ1) is 13.3. The molecule has 1 aliphatic rings. The van der Waals surface area contributed by atoms with Crippen LogP contribution < -0.4 is 4.90 Å². The number of hydrogen-bond donors (Lipinski definition) is 0. The van der Waals surface area contributed by atoms with Crippen molar-refractivity contribution in [1.82, 2.24) is 9.78 Å². The highest BCUT2D eigenvalue weighted by Gasteiger charge is 2.29. The van der Waals surface area contributed by atoms with Crippen molar-refractivity contribution in [3.05, 3.63) is 11.3 Å². The Morgan fingerprint density at radius 3 is 2.82 bits per heavy atom. The van der Waals surface area contributed by atoms with E-state index in [1.807, 2.05) is 11.7 Å². The van der Waals surface area contributed by atoms with Crippen molar-refractivity contribution < 1.29 is 0 Å². The number of hydrogen-bond acceptors (Lipinski definition) is 3. The lowest BCUT2D eigenvalue weighted by molar-refractivity contribution is 0.596. The fourth-order valence-corrected chi connectivity index (χ4v) is 4.19. The molecule has 0 spiro atoms. The highest BCUT2D eigenvalue weighted by atomic mass is 79.9. The van der Waals surface area contributed by atoms with Crippen LogP contribution in [0.1, 0.15) is 25.1 Å². The van der Waals surface area contributed by atoms with Gasteiger partial charge in [0.05, 0.1) is 5.69 Å². The molecule has 3 nitrogen and oxygen atoms in total. The van der Waals surface area contributed by atoms with E-state index in [9.17, 15) is 0 Å². The van der Waals surface area contributed by atoms with E-state index in [1.54, 1.807) is 0 Å². The summed E-state index contributed by atoms with van der Waals surface area (Å²) in [6, 6.07) is 0.571. The van der Waals surface area contributed by atoms with Crippen molar-refractivity contribution in [3.63, 3.8) is 0 Å². The maximum Gasteiger partial charge on any atom is 0.131 e. The number of nitrogens with zero attached hydrogens (tertiary/aromatic N) is 3. The molecule has 0 saturated carbocycles. The number of anilines is 1. The molecule has 1 aromatic heterocycles. The molecule has 0 aliphatic carbocycles. The summed E-state index contributed by atoms with van der Waals surface area (Å²) in [5.41, 5.74) is 2.47. The van der Waals surface area contributed by atoms with Crippen molar-refractivity contribution in [2.24, 2.45) is 7.05 Å². The third kappa shape index (κ3) is 2.36. The number of rotatable bonds is 2. The van der Waals surface area contributed by atoms with Gasteiger partial charge in [-0.2, -0.15) is 16.9 Å². The topological polar surface area (TPSA) is 21.1 Å². The van der Waals surface area contributed by atoms with Crippen LogP contribution in [0.25, 0.3) is 0 Å². The zero-order valence-electron chi connectivity index (χ0n) is 10.9. The normalized spacial score (nSPS) is 25.4. The molecule has 0 bridgehead atoms. The van der Waals surface area contributed by atoms with Gasteiger partial charge in [-0.25, -0.2) is 0 Å². The molecule has 2 heterocycles. The molecule has 0 amide bonds. The summed E-state index contributed by atoms with van der Waals surface area (Å²) in [4.78, 5) is 2.51. The number of halogens is 1. The first-order valence-electron chi connectivity index (χ1n) is 6.03. The Morgan fingerprint density at radius 2 is 2.18 bits per heavy atom. The zero-order valence-corrected chi connectivity index (χ0v) is 13.3. The van der Waals surface area contributed by atoms with E-state index < -0.39 is 0 Å². The smallest absolute Gasteiger partial charge is 0.131 e. The fraction of sp³-hybridized carbons (Fsp3) is 0.750. The van der Waals surface area contributed by atoms with Gasteiger partial charge in [-0.05, 0) is 13.8 Å². The third-order valence-corrected chi connectivity index (χ3v) is 5.50. The van der Waals surface area contributed by atoms with Gasteiger partial charge in [0.25, 0.3) is 0 Å². The van der Waals surface area contributed by atoms with Crippen LogP contribution in [0.4, 0.5) is 5.82 Å². The average Bonchev–Trinajstić information content (AvgIpc) is 2.57. The van der Waals surface area contributed by atoms with E-state index in [0.717, 1.165) is 17.6 Å². The van der Waals surface area contributed by atoms with Crippen LogP contribution in [0.15, 0.2) is 0 Å². The summed E-state index contributed by atoms with van der Waals surface area (Å²) in [5.74, 6) is 2.50. The van der Waals surface area contributed by atoms with Gasteiger partial charge in [-0.1, -0.05) is 22.9 Å². The van der Waals surface area contributed by atoms with Gasteiger partial charge >= 0.3 is 0 Å². The Bertz CT molecular complexity index is 405. The van der Waals surface area contributed by atoms with Crippen LogP contribution in [0, 0.1) is 6.92 Å². The molecular formula is C12H20BrN3S. The van der Waals surface area contributed by atoms with E-state index in [2.05, 4.69) is 58.5 Å². The monoisotopic (exact) mass is 317 g/mol. The highest BCUT2D eigenvalue weighted by Crippen LogP contribution is 2.33. The molecular weight excluding hydrogens is 298 g/mol. The molecule has 2 atom stereocenters. The molecule has 2 unspecified atom stereocenters. The molecule has 17 heavy (non-hydrogen) atoms. The van der Waals surface area contributed by atoms with E-state index in [0.29, 0.717) is 11.3 Å². The highest BCUT2D eigenvalue weighted by molar-refractivity contribution is 9.08. The predicted molar refractivity (Wildman–Crippen MR) is 79.3 cm³/mol. The van der Waals surface area contributed by atoms with Crippen molar-refractivity contribution in [3.8, 4) is 0 Å². The standard InChI is InChI=1S/C12H20BrN3S/c1-8-11(7-13)12(15(4)14-8)16-5-6-17-10(3)9(16)2/h9-10H,5-7H2,1-4H3. The van der Waals surface area contributed by atoms with Crippen molar-refractivity contribution in [2.45, 2.75) is 37.4 Å². The molecule has 96 valence electrons. The van der Waals surface area contributed by atoms with Gasteiger partial charge in [-0.15, -0.1) is 0 Å². The minimum Gasteiger partial charge on any atom is -0.352 e. The molecule has 5 heteroatoms. The fourth-order valence-electron chi connectivity index (χ4n) is 2.44. The summed E-state index contributed by atoms with van der Waals surface area (Å²) in [6.45, 7) is 7.84. The number of aryl methyl sites for hydroxylation is 2. The van der Waals surface area contributed by atoms with E-state index in [1.165, 1.54) is 17.1 Å². The van der Waals surface area contributed by atoms with Crippen LogP contribution in [0.3, 0.4) is 0 Å². The molecule has 2 rings (SSSR count). The minimum atomic E-state index is 0.571. The summed E-state index contributed by atoms with van der Waals surface area (Å²) in [6.07, 6.45) is 0. The lowest BCUT2D eigenvalue weighted by Gasteiger charge is -2.39. The van der Waals surface area contributed by atoms with E-state index >= 15 is 0 Å². The number of thioether (sulfide) groups is 1. The zero-order chi connectivity index (χ0) is 12.6. The summed E-state index contributed by atoms with van der Waals surface area (Å²) < 4.78 is 2.03. The lowest BCUT2D eigenvalue weighted by Crippen LogP contribution is -2.46. The quantitative estimate of drug-likeness (QED) is 0.782. The minimum absolute atomic E-state index is 0.571. The van der Waals surface area contributed by atoms with Crippen molar-refractivity contribution in [2.75, 3.05) is 17.2 Å². The lowest BCUT2D eigenvalue weighted by atomic mass is 10.1. The van der Waals surface area contributed by atoms with Gasteiger partial charge in [0.15, 0.2) is 0 Å². The Balaban J connectivity index is 2.38. The van der Waals surface area contributed by atoms with Crippen molar-refractivity contribution in [1.29, 1.82) is 0 Å². The molecule has 1 saturated heterocycles. The average molecular weight is 318 g/mol. The third-order valence-electron chi connectivity index (χ3n) is 3.60. The first-order chi connectivity index (χ1) is 8.06. The number of alkyl halides is 1. The first-order valence-corrected chi connectivity index (χ1v) is 8.20. The molecule has 1 fully saturated rings. The van der Waals surface area contributed by atoms with Crippen LogP contribution in [0.5, 0.6) is 0 Å². The second-order valence-electron chi connectivity index (χ2n) is 4.65. The molecule has 0 radical (unpaired) electrons.